The van der Waals surface area contributed by atoms with Crippen molar-refractivity contribution in [1.29, 1.82) is 0 Å². The molecule has 1 atom stereocenters. The van der Waals surface area contributed by atoms with E-state index in [1.807, 2.05) is 11.9 Å². The van der Waals surface area contributed by atoms with Crippen molar-refractivity contribution in [2.45, 2.75) is 11.3 Å². The maximum atomic E-state index is 12.2. The molecule has 0 radical (unpaired) electrons. The lowest BCUT2D eigenvalue weighted by atomic mass is 10.1. The predicted octanol–water partition coefficient (Wildman–Crippen LogP) is 0.891. The van der Waals surface area contributed by atoms with Gasteiger partial charge in [0.15, 0.2) is 0 Å². The summed E-state index contributed by atoms with van der Waals surface area (Å²) in [5.41, 5.74) is 0.310. The van der Waals surface area contributed by atoms with Crippen molar-refractivity contribution in [3.8, 4) is 0 Å². The maximum absolute atomic E-state index is 12.2. The smallest absolute Gasteiger partial charge is 0.293 e. The van der Waals surface area contributed by atoms with E-state index in [4.69, 9.17) is 0 Å². The summed E-state index contributed by atoms with van der Waals surface area (Å²) in [7, 11) is 0.990. The molecular weight excluding hydrogens is 320 g/mol. The summed E-state index contributed by atoms with van der Waals surface area (Å²) in [6.07, 6.45) is 0.954. The SMILES string of the molecule is CNCC1CCN(c2ccc(S(=O)(=O)N(C)C)cc2[N+](=O)[O-])C1. The van der Waals surface area contributed by atoms with Gasteiger partial charge in [-0.2, -0.15) is 0 Å². The lowest BCUT2D eigenvalue weighted by Crippen LogP contribution is -2.25. The first-order valence-corrected chi connectivity index (χ1v) is 8.82. The van der Waals surface area contributed by atoms with Gasteiger partial charge in [-0.3, -0.25) is 10.1 Å². The third-order valence-electron chi connectivity index (χ3n) is 4.04. The van der Waals surface area contributed by atoms with Crippen molar-refractivity contribution < 1.29 is 13.3 Å². The Morgan fingerprint density at radius 1 is 1.43 bits per heavy atom. The van der Waals surface area contributed by atoms with Crippen LogP contribution >= 0.6 is 0 Å². The van der Waals surface area contributed by atoms with E-state index in [1.165, 1.54) is 26.2 Å². The molecule has 9 heteroatoms. The van der Waals surface area contributed by atoms with Gasteiger partial charge < -0.3 is 10.2 Å². The molecule has 1 saturated heterocycles. The van der Waals surface area contributed by atoms with Gasteiger partial charge in [-0.1, -0.05) is 0 Å². The molecule has 1 aromatic carbocycles. The van der Waals surface area contributed by atoms with Gasteiger partial charge in [0.25, 0.3) is 5.69 Å². The summed E-state index contributed by atoms with van der Waals surface area (Å²) in [5, 5.41) is 14.5. The molecular formula is C14H22N4O4S. The zero-order chi connectivity index (χ0) is 17.2. The molecule has 1 heterocycles. The Labute approximate surface area is 136 Å². The number of anilines is 1. The average Bonchev–Trinajstić information content (AvgIpc) is 2.95. The van der Waals surface area contributed by atoms with E-state index in [-0.39, 0.29) is 10.6 Å². The second-order valence-electron chi connectivity index (χ2n) is 5.85. The number of nitrogens with zero attached hydrogens (tertiary/aromatic N) is 3. The number of rotatable bonds is 6. The fourth-order valence-electron chi connectivity index (χ4n) is 2.79. The molecule has 0 amide bonds. The van der Waals surface area contributed by atoms with Crippen LogP contribution in [0.5, 0.6) is 0 Å². The minimum atomic E-state index is -3.69. The van der Waals surface area contributed by atoms with Crippen molar-refractivity contribution in [2.75, 3.05) is 45.7 Å². The fraction of sp³-hybridized carbons (Fsp3) is 0.571. The molecule has 1 aliphatic rings. The van der Waals surface area contributed by atoms with Crippen molar-refractivity contribution in [1.82, 2.24) is 9.62 Å². The second kappa shape index (κ2) is 6.81. The van der Waals surface area contributed by atoms with Crippen LogP contribution in [-0.2, 0) is 10.0 Å². The van der Waals surface area contributed by atoms with Crippen LogP contribution < -0.4 is 10.2 Å². The van der Waals surface area contributed by atoms with E-state index >= 15 is 0 Å². The van der Waals surface area contributed by atoms with Crippen LogP contribution in [0.15, 0.2) is 23.1 Å². The summed E-state index contributed by atoms with van der Waals surface area (Å²) < 4.78 is 25.4. The Morgan fingerprint density at radius 3 is 2.70 bits per heavy atom. The van der Waals surface area contributed by atoms with Gasteiger partial charge in [0.1, 0.15) is 5.69 Å². The highest BCUT2D eigenvalue weighted by atomic mass is 32.2. The summed E-state index contributed by atoms with van der Waals surface area (Å²) in [6, 6.07) is 4.12. The van der Waals surface area contributed by atoms with E-state index in [9.17, 15) is 18.5 Å². The van der Waals surface area contributed by atoms with E-state index in [0.29, 0.717) is 11.6 Å². The Kier molecular flexibility index (Phi) is 5.23. The fourth-order valence-corrected chi connectivity index (χ4v) is 3.72. The molecule has 1 unspecified atom stereocenters. The third kappa shape index (κ3) is 3.62. The molecule has 1 aromatic rings. The van der Waals surface area contributed by atoms with E-state index in [2.05, 4.69) is 5.32 Å². The number of hydrogen-bond acceptors (Lipinski definition) is 6. The van der Waals surface area contributed by atoms with Crippen LogP contribution in [-0.4, -0.2) is 58.4 Å². The molecule has 1 aliphatic heterocycles. The largest absolute Gasteiger partial charge is 0.366 e. The monoisotopic (exact) mass is 342 g/mol. The van der Waals surface area contributed by atoms with Crippen molar-refractivity contribution in [3.05, 3.63) is 28.3 Å². The van der Waals surface area contributed by atoms with Gasteiger partial charge in [-0.25, -0.2) is 12.7 Å². The second-order valence-corrected chi connectivity index (χ2v) is 8.01. The van der Waals surface area contributed by atoms with Crippen LogP contribution in [0.1, 0.15) is 6.42 Å². The van der Waals surface area contributed by atoms with Crippen molar-refractivity contribution >= 4 is 21.4 Å². The highest BCUT2D eigenvalue weighted by Gasteiger charge is 2.29. The van der Waals surface area contributed by atoms with Gasteiger partial charge in [0, 0.05) is 33.3 Å². The minimum Gasteiger partial charge on any atom is -0.366 e. The lowest BCUT2D eigenvalue weighted by molar-refractivity contribution is -0.384. The Hall–Kier alpha value is -1.71. The average molecular weight is 342 g/mol. The number of nitrogens with one attached hydrogen (secondary N) is 1. The van der Waals surface area contributed by atoms with Crippen LogP contribution in [0.2, 0.25) is 0 Å². The summed E-state index contributed by atoms with van der Waals surface area (Å²) in [6.45, 7) is 2.31. The zero-order valence-corrected chi connectivity index (χ0v) is 14.3. The van der Waals surface area contributed by atoms with Gasteiger partial charge in [0.2, 0.25) is 10.0 Å². The zero-order valence-electron chi connectivity index (χ0n) is 13.5. The summed E-state index contributed by atoms with van der Waals surface area (Å²) in [4.78, 5) is 12.8. The molecule has 128 valence electrons. The van der Waals surface area contributed by atoms with Crippen LogP contribution in [0, 0.1) is 16.0 Å². The molecule has 0 saturated carbocycles. The normalized spacial score (nSPS) is 18.6. The number of hydrogen-bond donors (Lipinski definition) is 1. The molecule has 0 bridgehead atoms. The number of nitro groups is 1. The Morgan fingerprint density at radius 2 is 2.13 bits per heavy atom. The first kappa shape index (κ1) is 17.6. The molecule has 0 spiro atoms. The van der Waals surface area contributed by atoms with Crippen LogP contribution in [0.25, 0.3) is 0 Å². The third-order valence-corrected chi connectivity index (χ3v) is 5.85. The number of nitro benzene ring substituents is 1. The first-order valence-electron chi connectivity index (χ1n) is 7.38. The first-order chi connectivity index (χ1) is 10.8. The summed E-state index contributed by atoms with van der Waals surface area (Å²) >= 11 is 0. The lowest BCUT2D eigenvalue weighted by Gasteiger charge is -2.19. The molecule has 0 aromatic heterocycles. The summed E-state index contributed by atoms with van der Waals surface area (Å²) in [5.74, 6) is 0.435. The van der Waals surface area contributed by atoms with Crippen LogP contribution in [0.3, 0.4) is 0 Å². The number of benzene rings is 1. The number of sulfonamides is 1. The maximum Gasteiger partial charge on any atom is 0.293 e. The van der Waals surface area contributed by atoms with Crippen molar-refractivity contribution in [3.63, 3.8) is 0 Å². The molecule has 2 rings (SSSR count). The van der Waals surface area contributed by atoms with Gasteiger partial charge >= 0.3 is 0 Å². The highest BCUT2D eigenvalue weighted by Crippen LogP contribution is 2.34. The standard InChI is InChI=1S/C14H22N4O4S/c1-15-9-11-6-7-17(10-11)13-5-4-12(8-14(13)18(19)20)23(21,22)16(2)3/h4-5,8,11,15H,6-7,9-10H2,1-3H3. The molecule has 8 nitrogen and oxygen atoms in total. The van der Waals surface area contributed by atoms with Crippen LogP contribution in [0.4, 0.5) is 11.4 Å². The topological polar surface area (TPSA) is 95.8 Å². The predicted molar refractivity (Wildman–Crippen MR) is 88.2 cm³/mol. The van der Waals surface area contributed by atoms with Gasteiger partial charge in [-0.05, 0) is 38.1 Å². The van der Waals surface area contributed by atoms with E-state index in [1.54, 1.807) is 0 Å². The van der Waals surface area contributed by atoms with Gasteiger partial charge in [-0.15, -0.1) is 0 Å². The Bertz CT molecular complexity index is 690. The minimum absolute atomic E-state index is 0.0658. The highest BCUT2D eigenvalue weighted by molar-refractivity contribution is 7.89. The quantitative estimate of drug-likeness (QED) is 0.609. The van der Waals surface area contributed by atoms with Gasteiger partial charge in [0.05, 0.1) is 9.82 Å². The van der Waals surface area contributed by atoms with E-state index < -0.39 is 14.9 Å². The van der Waals surface area contributed by atoms with E-state index in [0.717, 1.165) is 36.4 Å². The van der Waals surface area contributed by atoms with Crippen molar-refractivity contribution in [2.24, 2.45) is 5.92 Å². The molecule has 0 aliphatic carbocycles. The Balaban J connectivity index is 2.37. The molecule has 1 fully saturated rings. The molecule has 1 N–H and O–H groups in total. The molecule has 23 heavy (non-hydrogen) atoms.